The Balaban J connectivity index is 1.90. The number of amidine groups is 1. The summed E-state index contributed by atoms with van der Waals surface area (Å²) in [6.45, 7) is 3.60. The Morgan fingerprint density at radius 3 is 2.44 bits per heavy atom. The second-order valence-electron chi connectivity index (χ2n) is 5.28. The first-order valence-electron chi connectivity index (χ1n) is 7.35. The van der Waals surface area contributed by atoms with Gasteiger partial charge in [0.25, 0.3) is 5.69 Å². The fourth-order valence-electron chi connectivity index (χ4n) is 1.88. The summed E-state index contributed by atoms with van der Waals surface area (Å²) in [6.07, 6.45) is 0. The molecule has 0 saturated heterocycles. The van der Waals surface area contributed by atoms with Crippen molar-refractivity contribution in [3.05, 3.63) is 69.3 Å². The summed E-state index contributed by atoms with van der Waals surface area (Å²) in [4.78, 5) is 26.4. The number of oxime groups is 1. The van der Waals surface area contributed by atoms with Gasteiger partial charge in [-0.2, -0.15) is 0 Å². The molecule has 0 heterocycles. The van der Waals surface area contributed by atoms with Crippen molar-refractivity contribution in [1.82, 2.24) is 0 Å². The van der Waals surface area contributed by atoms with Crippen molar-refractivity contribution in [1.29, 1.82) is 0 Å². The lowest BCUT2D eigenvalue weighted by atomic mass is 10.1. The number of carbonyl (C=O) groups excluding carboxylic acids is 1. The number of rotatable bonds is 6. The fourth-order valence-corrected chi connectivity index (χ4v) is 1.88. The molecule has 0 aliphatic carbocycles. The minimum atomic E-state index is -0.719. The van der Waals surface area contributed by atoms with Crippen LogP contribution in [0.2, 0.25) is 0 Å². The Morgan fingerprint density at radius 1 is 1.16 bits per heavy atom. The lowest BCUT2D eigenvalue weighted by molar-refractivity contribution is -0.384. The van der Waals surface area contributed by atoms with Gasteiger partial charge in [-0.3, -0.25) is 10.1 Å². The summed E-state index contributed by atoms with van der Waals surface area (Å²) in [5.74, 6) is -0.245. The average Bonchev–Trinajstić information content (AvgIpc) is 2.60. The minimum Gasteiger partial charge on any atom is -0.482 e. The molecular formula is C17H17N3O5. The molecule has 2 rings (SSSR count). The molecule has 0 fully saturated rings. The molecule has 25 heavy (non-hydrogen) atoms. The first-order valence-corrected chi connectivity index (χ1v) is 7.35. The van der Waals surface area contributed by atoms with Crippen LogP contribution in [0.25, 0.3) is 0 Å². The molecule has 0 saturated carbocycles. The first kappa shape index (κ1) is 17.9. The Kier molecular flexibility index (Phi) is 5.67. The molecule has 0 spiro atoms. The van der Waals surface area contributed by atoms with Crippen molar-refractivity contribution in [2.45, 2.75) is 13.8 Å². The van der Waals surface area contributed by atoms with E-state index in [0.29, 0.717) is 11.3 Å². The highest BCUT2D eigenvalue weighted by Crippen LogP contribution is 2.16. The van der Waals surface area contributed by atoms with Gasteiger partial charge in [0.2, 0.25) is 0 Å². The quantitative estimate of drug-likeness (QED) is 0.283. The third kappa shape index (κ3) is 5.03. The molecular weight excluding hydrogens is 326 g/mol. The molecule has 0 bridgehead atoms. The van der Waals surface area contributed by atoms with Gasteiger partial charge >= 0.3 is 5.97 Å². The number of ether oxygens (including phenoxy) is 1. The summed E-state index contributed by atoms with van der Waals surface area (Å²) in [5, 5.41) is 14.1. The zero-order chi connectivity index (χ0) is 18.4. The van der Waals surface area contributed by atoms with E-state index in [0.717, 1.165) is 11.1 Å². The second-order valence-corrected chi connectivity index (χ2v) is 5.28. The number of hydrogen-bond acceptors (Lipinski definition) is 6. The van der Waals surface area contributed by atoms with Gasteiger partial charge in [0.15, 0.2) is 12.4 Å². The summed E-state index contributed by atoms with van der Waals surface area (Å²) in [7, 11) is 0. The van der Waals surface area contributed by atoms with Crippen LogP contribution in [0.4, 0.5) is 5.69 Å². The molecule has 2 aromatic carbocycles. The van der Waals surface area contributed by atoms with Crippen LogP contribution in [-0.2, 0) is 9.63 Å². The number of non-ortho nitro benzene ring substituents is 1. The number of nitro groups is 1. The number of nitro benzene ring substituents is 1. The van der Waals surface area contributed by atoms with Gasteiger partial charge in [0.1, 0.15) is 5.75 Å². The number of aryl methyl sites for hydroxylation is 2. The SMILES string of the molecule is Cc1ccc(OCC(=O)O/N=C(\N)c2ccc([N+](=O)[O-])cc2)cc1C. The average molecular weight is 343 g/mol. The number of carbonyl (C=O) groups is 1. The molecule has 8 nitrogen and oxygen atoms in total. The number of hydrogen-bond donors (Lipinski definition) is 1. The second kappa shape index (κ2) is 7.91. The Hall–Kier alpha value is -3.42. The number of nitrogens with two attached hydrogens (primary N) is 1. The molecule has 8 heteroatoms. The molecule has 0 aliphatic rings. The molecule has 0 amide bonds. The van der Waals surface area contributed by atoms with Gasteiger partial charge in [-0.15, -0.1) is 0 Å². The van der Waals surface area contributed by atoms with Crippen LogP contribution in [0, 0.1) is 24.0 Å². The number of benzene rings is 2. The predicted molar refractivity (Wildman–Crippen MR) is 91.3 cm³/mol. The highest BCUT2D eigenvalue weighted by molar-refractivity contribution is 5.97. The molecule has 0 aliphatic heterocycles. The Morgan fingerprint density at radius 2 is 1.84 bits per heavy atom. The van der Waals surface area contributed by atoms with E-state index >= 15 is 0 Å². The van der Waals surface area contributed by atoms with E-state index in [1.807, 2.05) is 26.0 Å². The van der Waals surface area contributed by atoms with Crippen LogP contribution in [0.1, 0.15) is 16.7 Å². The largest absolute Gasteiger partial charge is 0.482 e. The Labute approximate surface area is 144 Å². The highest BCUT2D eigenvalue weighted by atomic mass is 16.7. The van der Waals surface area contributed by atoms with E-state index in [2.05, 4.69) is 9.99 Å². The van der Waals surface area contributed by atoms with Gasteiger partial charge in [-0.05, 0) is 49.2 Å². The van der Waals surface area contributed by atoms with E-state index in [1.165, 1.54) is 24.3 Å². The van der Waals surface area contributed by atoms with Crippen LogP contribution in [0.5, 0.6) is 5.75 Å². The molecule has 0 aromatic heterocycles. The van der Waals surface area contributed by atoms with Crippen molar-refractivity contribution >= 4 is 17.5 Å². The highest BCUT2D eigenvalue weighted by Gasteiger charge is 2.08. The zero-order valence-electron chi connectivity index (χ0n) is 13.8. The third-order valence-electron chi connectivity index (χ3n) is 3.45. The van der Waals surface area contributed by atoms with Crippen LogP contribution in [0.3, 0.4) is 0 Å². The smallest absolute Gasteiger partial charge is 0.372 e. The van der Waals surface area contributed by atoms with Gasteiger partial charge in [0.05, 0.1) is 4.92 Å². The van der Waals surface area contributed by atoms with Crippen LogP contribution in [-0.4, -0.2) is 23.3 Å². The van der Waals surface area contributed by atoms with E-state index in [1.54, 1.807) is 6.07 Å². The Bertz CT molecular complexity index is 816. The summed E-state index contributed by atoms with van der Waals surface area (Å²) in [6, 6.07) is 10.8. The van der Waals surface area contributed by atoms with E-state index in [4.69, 9.17) is 10.5 Å². The first-order chi connectivity index (χ1) is 11.9. The number of nitrogens with zero attached hydrogens (tertiary/aromatic N) is 2. The fraction of sp³-hybridized carbons (Fsp3) is 0.176. The van der Waals surface area contributed by atoms with Gasteiger partial charge in [-0.1, -0.05) is 11.2 Å². The standard InChI is InChI=1S/C17H17N3O5/c1-11-3-8-15(9-12(11)2)24-10-16(21)25-19-17(18)13-4-6-14(7-5-13)20(22)23/h3-9H,10H2,1-2H3,(H2,18,19). The monoisotopic (exact) mass is 343 g/mol. The maximum atomic E-state index is 11.6. The van der Waals surface area contributed by atoms with E-state index < -0.39 is 10.9 Å². The van der Waals surface area contributed by atoms with Crippen LogP contribution >= 0.6 is 0 Å². The van der Waals surface area contributed by atoms with Gasteiger partial charge < -0.3 is 15.3 Å². The van der Waals surface area contributed by atoms with Crippen molar-refractivity contribution in [3.63, 3.8) is 0 Å². The summed E-state index contributed by atoms with van der Waals surface area (Å²) < 4.78 is 5.32. The van der Waals surface area contributed by atoms with Crippen molar-refractivity contribution < 1.29 is 19.3 Å². The maximum Gasteiger partial charge on any atom is 0.372 e. The topological polar surface area (TPSA) is 117 Å². The van der Waals surface area contributed by atoms with E-state index in [-0.39, 0.29) is 18.1 Å². The molecule has 2 N–H and O–H groups in total. The minimum absolute atomic E-state index is 0.0738. The van der Waals surface area contributed by atoms with Gasteiger partial charge in [-0.25, -0.2) is 4.79 Å². The normalized spacial score (nSPS) is 11.0. The third-order valence-corrected chi connectivity index (χ3v) is 3.45. The van der Waals surface area contributed by atoms with Crippen LogP contribution < -0.4 is 10.5 Å². The molecule has 0 atom stereocenters. The zero-order valence-corrected chi connectivity index (χ0v) is 13.8. The maximum absolute atomic E-state index is 11.6. The molecule has 0 unspecified atom stereocenters. The predicted octanol–water partition coefficient (Wildman–Crippen LogP) is 2.45. The molecule has 2 aromatic rings. The van der Waals surface area contributed by atoms with Crippen LogP contribution in [0.15, 0.2) is 47.6 Å². The summed E-state index contributed by atoms with van der Waals surface area (Å²) >= 11 is 0. The summed E-state index contributed by atoms with van der Waals surface area (Å²) in [5.41, 5.74) is 8.17. The van der Waals surface area contributed by atoms with E-state index in [9.17, 15) is 14.9 Å². The van der Waals surface area contributed by atoms with Crippen molar-refractivity contribution in [3.8, 4) is 5.75 Å². The van der Waals surface area contributed by atoms with Crippen molar-refractivity contribution in [2.24, 2.45) is 10.9 Å². The lowest BCUT2D eigenvalue weighted by Crippen LogP contribution is -2.18. The van der Waals surface area contributed by atoms with Crippen molar-refractivity contribution in [2.75, 3.05) is 6.61 Å². The molecule has 130 valence electrons. The van der Waals surface area contributed by atoms with Gasteiger partial charge in [0, 0.05) is 17.7 Å². The lowest BCUT2D eigenvalue weighted by Gasteiger charge is -2.07. The molecule has 0 radical (unpaired) electrons.